The molecule has 0 aliphatic carbocycles. The van der Waals surface area contributed by atoms with Crippen molar-refractivity contribution in [2.24, 2.45) is 0 Å². The number of rotatable bonds is 4. The second-order valence-corrected chi connectivity index (χ2v) is 11.5. The molecule has 1 aliphatic heterocycles. The molecule has 0 saturated carbocycles. The Bertz CT molecular complexity index is 308. The van der Waals surface area contributed by atoms with Crippen LogP contribution in [0.15, 0.2) is 0 Å². The summed E-state index contributed by atoms with van der Waals surface area (Å²) in [6, 6.07) is 0. The Morgan fingerprint density at radius 3 is 2.16 bits per heavy atom. The third-order valence-corrected chi connectivity index (χ3v) is 8.86. The minimum atomic E-state index is -1.65. The zero-order chi connectivity index (χ0) is 14.7. The summed E-state index contributed by atoms with van der Waals surface area (Å²) in [6.07, 6.45) is -0.808. The summed E-state index contributed by atoms with van der Waals surface area (Å²) in [5, 5.41) is 9.13. The lowest BCUT2D eigenvalue weighted by molar-refractivity contribution is 0.0972. The third-order valence-electron chi connectivity index (χ3n) is 4.32. The summed E-state index contributed by atoms with van der Waals surface area (Å²) < 4.78 is 6.14. The van der Waals surface area contributed by atoms with Gasteiger partial charge in [0.25, 0.3) is 0 Å². The third kappa shape index (κ3) is 4.78. The predicted octanol–water partition coefficient (Wildman–Crippen LogP) is 2.30. The molecule has 0 radical (unpaired) electrons. The molecule has 1 amide bonds. The van der Waals surface area contributed by atoms with E-state index in [2.05, 4.69) is 38.8 Å². The normalized spacial score (nSPS) is 18.7. The van der Waals surface area contributed by atoms with E-state index in [-0.39, 0.29) is 5.04 Å². The van der Waals surface area contributed by atoms with E-state index in [0.29, 0.717) is 13.1 Å². The molecule has 0 atom stereocenters. The topological polar surface area (TPSA) is 53.0 Å². The first-order valence-corrected chi connectivity index (χ1v) is 9.88. The van der Waals surface area contributed by atoms with Gasteiger partial charge in [-0.3, -0.25) is 4.90 Å². The molecule has 1 saturated heterocycles. The van der Waals surface area contributed by atoms with Crippen molar-refractivity contribution in [3.8, 4) is 0 Å². The first-order valence-electron chi connectivity index (χ1n) is 6.98. The summed E-state index contributed by atoms with van der Waals surface area (Å²) in [5.74, 6) is 0. The number of hydrogen-bond donors (Lipinski definition) is 1. The summed E-state index contributed by atoms with van der Waals surface area (Å²) in [5.41, 5.74) is 0. The molecule has 1 N–H and O–H groups in total. The second kappa shape index (κ2) is 6.24. The molecule has 0 aromatic rings. The molecule has 6 heteroatoms. The van der Waals surface area contributed by atoms with Crippen molar-refractivity contribution in [3.63, 3.8) is 0 Å². The van der Waals surface area contributed by atoms with E-state index in [4.69, 9.17) is 9.53 Å². The lowest BCUT2D eigenvalue weighted by atomic mass is 10.2. The van der Waals surface area contributed by atoms with Gasteiger partial charge < -0.3 is 14.4 Å². The Morgan fingerprint density at radius 2 is 1.74 bits per heavy atom. The van der Waals surface area contributed by atoms with Crippen LogP contribution in [0.25, 0.3) is 0 Å². The van der Waals surface area contributed by atoms with Crippen molar-refractivity contribution in [1.29, 1.82) is 0 Å². The molecular formula is C13H28N2O3Si. The Balaban J connectivity index is 2.27. The highest BCUT2D eigenvalue weighted by Crippen LogP contribution is 2.36. The quantitative estimate of drug-likeness (QED) is 0.807. The van der Waals surface area contributed by atoms with Gasteiger partial charge in [-0.15, -0.1) is 0 Å². The molecule has 0 aromatic heterocycles. The van der Waals surface area contributed by atoms with Crippen LogP contribution < -0.4 is 0 Å². The number of carbonyl (C=O) groups is 1. The zero-order valence-corrected chi connectivity index (χ0v) is 13.9. The molecule has 0 aromatic carbocycles. The Kier molecular flexibility index (Phi) is 5.40. The van der Waals surface area contributed by atoms with Gasteiger partial charge in [0.2, 0.25) is 0 Å². The van der Waals surface area contributed by atoms with Gasteiger partial charge in [-0.1, -0.05) is 20.8 Å². The molecule has 19 heavy (non-hydrogen) atoms. The van der Waals surface area contributed by atoms with E-state index in [0.717, 1.165) is 26.2 Å². The lowest BCUT2D eigenvalue weighted by Crippen LogP contribution is -2.50. The zero-order valence-electron chi connectivity index (χ0n) is 12.9. The summed E-state index contributed by atoms with van der Waals surface area (Å²) in [7, 11) is -1.65. The minimum absolute atomic E-state index is 0.245. The fourth-order valence-corrected chi connectivity index (χ4v) is 2.84. The van der Waals surface area contributed by atoms with Crippen LogP contribution in [-0.2, 0) is 4.43 Å². The van der Waals surface area contributed by atoms with Crippen molar-refractivity contribution in [2.45, 2.75) is 38.9 Å². The number of amides is 1. The average Bonchev–Trinajstić information content (AvgIpc) is 2.28. The molecule has 0 bridgehead atoms. The van der Waals surface area contributed by atoms with Crippen LogP contribution in [0.2, 0.25) is 18.1 Å². The van der Waals surface area contributed by atoms with Crippen LogP contribution in [0.5, 0.6) is 0 Å². The molecular weight excluding hydrogens is 260 g/mol. The fraction of sp³-hybridized carbons (Fsp3) is 0.923. The average molecular weight is 288 g/mol. The van der Waals surface area contributed by atoms with Crippen LogP contribution in [0.3, 0.4) is 0 Å². The highest BCUT2D eigenvalue weighted by atomic mass is 28.4. The van der Waals surface area contributed by atoms with Gasteiger partial charge in [0, 0.05) is 39.3 Å². The maximum Gasteiger partial charge on any atom is 0.407 e. The van der Waals surface area contributed by atoms with E-state index in [1.807, 2.05) is 0 Å². The van der Waals surface area contributed by atoms with Crippen molar-refractivity contribution in [1.82, 2.24) is 9.80 Å². The van der Waals surface area contributed by atoms with Gasteiger partial charge in [0.05, 0.1) is 0 Å². The first-order chi connectivity index (χ1) is 8.63. The largest absolute Gasteiger partial charge is 0.465 e. The lowest BCUT2D eigenvalue weighted by Gasteiger charge is -2.38. The molecule has 1 rings (SSSR count). The number of carboxylic acid groups (broad SMARTS) is 1. The van der Waals surface area contributed by atoms with E-state index in [1.54, 1.807) is 0 Å². The Labute approximate surface area is 117 Å². The molecule has 112 valence electrons. The van der Waals surface area contributed by atoms with Crippen LogP contribution in [0.1, 0.15) is 20.8 Å². The van der Waals surface area contributed by atoms with Gasteiger partial charge >= 0.3 is 6.09 Å². The van der Waals surface area contributed by atoms with E-state index < -0.39 is 14.4 Å². The summed E-state index contributed by atoms with van der Waals surface area (Å²) in [6.45, 7) is 15.7. The molecule has 5 nitrogen and oxygen atoms in total. The number of hydrogen-bond acceptors (Lipinski definition) is 3. The predicted molar refractivity (Wildman–Crippen MR) is 79.2 cm³/mol. The van der Waals surface area contributed by atoms with Crippen molar-refractivity contribution in [3.05, 3.63) is 0 Å². The van der Waals surface area contributed by atoms with Gasteiger partial charge in [0.1, 0.15) is 0 Å². The van der Waals surface area contributed by atoms with Crippen LogP contribution >= 0.6 is 0 Å². The minimum Gasteiger partial charge on any atom is -0.465 e. The molecule has 0 spiro atoms. The first kappa shape index (κ1) is 16.5. The van der Waals surface area contributed by atoms with Crippen molar-refractivity contribution >= 4 is 14.4 Å². The maximum atomic E-state index is 10.8. The van der Waals surface area contributed by atoms with Crippen LogP contribution in [0.4, 0.5) is 4.79 Å². The smallest absolute Gasteiger partial charge is 0.407 e. The Morgan fingerprint density at radius 1 is 1.21 bits per heavy atom. The van der Waals surface area contributed by atoms with E-state index in [9.17, 15) is 4.79 Å². The summed E-state index contributed by atoms with van der Waals surface area (Å²) >= 11 is 0. The van der Waals surface area contributed by atoms with Gasteiger partial charge in [-0.2, -0.15) is 0 Å². The number of nitrogens with zero attached hydrogens (tertiary/aromatic N) is 2. The highest BCUT2D eigenvalue weighted by molar-refractivity contribution is 6.74. The molecule has 1 aliphatic rings. The van der Waals surface area contributed by atoms with Gasteiger partial charge in [0.15, 0.2) is 8.32 Å². The SMILES string of the molecule is CC(C)(C)[Si](C)(C)OCCN1CCN(C(=O)O)CC1. The van der Waals surface area contributed by atoms with Crippen molar-refractivity contribution < 1.29 is 14.3 Å². The van der Waals surface area contributed by atoms with Crippen LogP contribution in [-0.4, -0.2) is 68.6 Å². The Hall–Kier alpha value is -0.593. The van der Waals surface area contributed by atoms with Gasteiger partial charge in [-0.05, 0) is 18.1 Å². The maximum absolute atomic E-state index is 10.8. The molecule has 0 unspecified atom stereocenters. The molecule has 1 fully saturated rings. The summed E-state index contributed by atoms with van der Waals surface area (Å²) in [4.78, 5) is 14.6. The fourth-order valence-electron chi connectivity index (χ4n) is 1.81. The van der Waals surface area contributed by atoms with E-state index in [1.165, 1.54) is 4.90 Å². The van der Waals surface area contributed by atoms with Crippen LogP contribution in [0, 0.1) is 0 Å². The van der Waals surface area contributed by atoms with E-state index >= 15 is 0 Å². The number of piperazine rings is 1. The monoisotopic (exact) mass is 288 g/mol. The highest BCUT2D eigenvalue weighted by Gasteiger charge is 2.37. The molecule has 1 heterocycles. The standard InChI is InChI=1S/C13H28N2O3Si/c1-13(2,3)19(4,5)18-11-10-14-6-8-15(9-7-14)12(16)17/h6-11H2,1-5H3,(H,16,17). The van der Waals surface area contributed by atoms with Crippen molar-refractivity contribution in [2.75, 3.05) is 39.3 Å². The van der Waals surface area contributed by atoms with Gasteiger partial charge in [-0.25, -0.2) is 4.79 Å². The second-order valence-electron chi connectivity index (χ2n) is 6.72.